The average molecular weight is 303 g/mol. The lowest BCUT2D eigenvalue weighted by Gasteiger charge is -2.07. The maximum Gasteiger partial charge on any atom is 0.287 e. The molecule has 0 unspecified atom stereocenters. The molecule has 1 aliphatic carbocycles. The van der Waals surface area contributed by atoms with E-state index in [-0.39, 0.29) is 24.2 Å². The van der Waals surface area contributed by atoms with Crippen LogP contribution in [0, 0.1) is 5.82 Å². The molecular weight excluding hydrogens is 289 g/mol. The first-order valence-corrected chi connectivity index (χ1v) is 6.93. The molecule has 3 rings (SSSR count). The molecule has 0 radical (unpaired) electrons. The summed E-state index contributed by atoms with van der Waals surface area (Å²) < 4.78 is 23.8. The summed E-state index contributed by atoms with van der Waals surface area (Å²) in [7, 11) is 0. The number of amides is 1. The minimum Gasteiger partial charge on any atom is -0.482 e. The van der Waals surface area contributed by atoms with Gasteiger partial charge < -0.3 is 14.5 Å². The van der Waals surface area contributed by atoms with E-state index >= 15 is 0 Å². The Morgan fingerprint density at radius 2 is 2.14 bits per heavy atom. The number of hydrogen-bond donors (Lipinski definition) is 1. The van der Waals surface area contributed by atoms with Crippen LogP contribution in [0.3, 0.4) is 0 Å². The van der Waals surface area contributed by atoms with Crippen LogP contribution in [0.5, 0.6) is 5.75 Å². The van der Waals surface area contributed by atoms with Crippen molar-refractivity contribution in [3.63, 3.8) is 0 Å². The third-order valence-electron chi connectivity index (χ3n) is 3.28. The Bertz CT molecular complexity index is 752. The van der Waals surface area contributed by atoms with Gasteiger partial charge in [0.25, 0.3) is 5.91 Å². The summed E-state index contributed by atoms with van der Waals surface area (Å²) in [6.45, 7) is -0.0922. The van der Waals surface area contributed by atoms with Crippen LogP contribution in [0.1, 0.15) is 29.0 Å². The van der Waals surface area contributed by atoms with E-state index in [4.69, 9.17) is 9.15 Å². The fourth-order valence-electron chi connectivity index (χ4n) is 1.88. The van der Waals surface area contributed by atoms with Gasteiger partial charge in [-0.05, 0) is 18.9 Å². The molecule has 114 valence electrons. The van der Waals surface area contributed by atoms with Crippen molar-refractivity contribution in [1.82, 2.24) is 5.32 Å². The van der Waals surface area contributed by atoms with E-state index in [0.717, 1.165) is 25.2 Å². The summed E-state index contributed by atoms with van der Waals surface area (Å²) in [5.74, 6) is -0.950. The number of hydrogen-bond acceptors (Lipinski definition) is 4. The topological polar surface area (TPSA) is 68.5 Å². The van der Waals surface area contributed by atoms with Crippen LogP contribution in [0.4, 0.5) is 4.39 Å². The highest BCUT2D eigenvalue weighted by Crippen LogP contribution is 2.19. The SMILES string of the molecule is O=C(NC1CC1)c1cc(=O)c(OCc2ccccc2F)co1. The Morgan fingerprint density at radius 3 is 2.82 bits per heavy atom. The summed E-state index contributed by atoms with van der Waals surface area (Å²) in [5, 5.41) is 2.72. The van der Waals surface area contributed by atoms with Crippen LogP contribution in [0.2, 0.25) is 0 Å². The second kappa shape index (κ2) is 6.01. The summed E-state index contributed by atoms with van der Waals surface area (Å²) in [6.07, 6.45) is 2.96. The highest BCUT2D eigenvalue weighted by Gasteiger charge is 2.25. The van der Waals surface area contributed by atoms with Gasteiger partial charge in [-0.15, -0.1) is 0 Å². The molecule has 1 aromatic carbocycles. The largest absolute Gasteiger partial charge is 0.482 e. The number of carbonyl (C=O) groups is 1. The van der Waals surface area contributed by atoms with Gasteiger partial charge in [-0.1, -0.05) is 18.2 Å². The predicted octanol–water partition coefficient (Wildman–Crippen LogP) is 2.25. The Kier molecular flexibility index (Phi) is 3.91. The van der Waals surface area contributed by atoms with Crippen LogP contribution >= 0.6 is 0 Å². The smallest absolute Gasteiger partial charge is 0.287 e. The minimum absolute atomic E-state index is 0.0601. The van der Waals surface area contributed by atoms with E-state index in [0.29, 0.717) is 5.56 Å². The molecule has 1 aliphatic rings. The maximum atomic E-state index is 13.5. The quantitative estimate of drug-likeness (QED) is 0.920. The van der Waals surface area contributed by atoms with Gasteiger partial charge in [0.15, 0.2) is 5.76 Å². The van der Waals surface area contributed by atoms with E-state index in [9.17, 15) is 14.0 Å². The van der Waals surface area contributed by atoms with Crippen molar-refractivity contribution >= 4 is 5.91 Å². The van der Waals surface area contributed by atoms with Gasteiger partial charge in [0, 0.05) is 17.7 Å². The molecule has 1 N–H and O–H groups in total. The van der Waals surface area contributed by atoms with Gasteiger partial charge in [0.1, 0.15) is 18.7 Å². The Morgan fingerprint density at radius 1 is 1.36 bits per heavy atom. The fraction of sp³-hybridized carbons (Fsp3) is 0.250. The molecule has 5 nitrogen and oxygen atoms in total. The standard InChI is InChI=1S/C16H14FNO4/c17-12-4-2-1-3-10(12)8-21-15-9-22-14(7-13(15)19)16(20)18-11-5-6-11/h1-4,7,9,11H,5-6,8H2,(H,18,20). The zero-order valence-corrected chi connectivity index (χ0v) is 11.7. The van der Waals surface area contributed by atoms with E-state index in [1.54, 1.807) is 18.2 Å². The number of benzene rings is 1. The van der Waals surface area contributed by atoms with Gasteiger partial charge in [-0.25, -0.2) is 4.39 Å². The van der Waals surface area contributed by atoms with Gasteiger partial charge in [0.2, 0.25) is 11.2 Å². The number of nitrogens with one attached hydrogen (secondary N) is 1. The predicted molar refractivity (Wildman–Crippen MR) is 76.2 cm³/mol. The highest BCUT2D eigenvalue weighted by molar-refractivity contribution is 5.91. The molecule has 0 atom stereocenters. The van der Waals surface area contributed by atoms with Crippen LogP contribution in [0.15, 0.2) is 45.8 Å². The molecule has 1 heterocycles. The maximum absolute atomic E-state index is 13.5. The van der Waals surface area contributed by atoms with Crippen LogP contribution in [0.25, 0.3) is 0 Å². The highest BCUT2D eigenvalue weighted by atomic mass is 19.1. The first-order valence-electron chi connectivity index (χ1n) is 6.93. The van der Waals surface area contributed by atoms with Crippen LogP contribution in [-0.4, -0.2) is 11.9 Å². The average Bonchev–Trinajstić information content (AvgIpc) is 3.31. The molecule has 1 aromatic heterocycles. The van der Waals surface area contributed by atoms with Crippen molar-refractivity contribution in [3.05, 3.63) is 64.0 Å². The Labute approximate surface area is 125 Å². The zero-order valence-electron chi connectivity index (χ0n) is 11.7. The number of ether oxygens (including phenoxy) is 1. The number of rotatable bonds is 5. The second-order valence-electron chi connectivity index (χ2n) is 5.10. The lowest BCUT2D eigenvalue weighted by Crippen LogP contribution is -2.26. The molecule has 22 heavy (non-hydrogen) atoms. The fourth-order valence-corrected chi connectivity index (χ4v) is 1.88. The molecule has 0 aliphatic heterocycles. The Hall–Kier alpha value is -2.63. The molecule has 0 spiro atoms. The van der Waals surface area contributed by atoms with E-state index in [1.807, 2.05) is 0 Å². The second-order valence-corrected chi connectivity index (χ2v) is 5.10. The first kappa shape index (κ1) is 14.3. The summed E-state index contributed by atoms with van der Waals surface area (Å²) >= 11 is 0. The molecule has 1 amide bonds. The van der Waals surface area contributed by atoms with Crippen molar-refractivity contribution in [2.75, 3.05) is 0 Å². The molecule has 2 aromatic rings. The van der Waals surface area contributed by atoms with Crippen molar-refractivity contribution in [3.8, 4) is 5.75 Å². The molecule has 0 bridgehead atoms. The van der Waals surface area contributed by atoms with E-state index in [2.05, 4.69) is 5.32 Å². The van der Waals surface area contributed by atoms with E-state index in [1.165, 1.54) is 6.07 Å². The van der Waals surface area contributed by atoms with Gasteiger partial charge in [-0.3, -0.25) is 9.59 Å². The summed E-state index contributed by atoms with van der Waals surface area (Å²) in [5.41, 5.74) is -0.152. The number of carbonyl (C=O) groups excluding carboxylic acids is 1. The molecule has 0 saturated heterocycles. The van der Waals surface area contributed by atoms with Gasteiger partial charge in [-0.2, -0.15) is 0 Å². The van der Waals surface area contributed by atoms with Crippen molar-refractivity contribution in [1.29, 1.82) is 0 Å². The lowest BCUT2D eigenvalue weighted by atomic mass is 10.2. The minimum atomic E-state index is -0.483. The third kappa shape index (κ3) is 3.33. The van der Waals surface area contributed by atoms with Gasteiger partial charge in [0.05, 0.1) is 0 Å². The molecular formula is C16H14FNO4. The first-order chi connectivity index (χ1) is 10.6. The lowest BCUT2D eigenvalue weighted by molar-refractivity contribution is 0.0920. The summed E-state index contributed by atoms with van der Waals surface area (Å²) in [6, 6.07) is 7.38. The Balaban J connectivity index is 1.68. The number of halogens is 1. The van der Waals surface area contributed by atoms with Crippen molar-refractivity contribution in [2.24, 2.45) is 0 Å². The molecule has 1 saturated carbocycles. The summed E-state index contributed by atoms with van der Waals surface area (Å²) in [4.78, 5) is 23.6. The van der Waals surface area contributed by atoms with E-state index < -0.39 is 17.2 Å². The third-order valence-corrected chi connectivity index (χ3v) is 3.28. The normalized spacial score (nSPS) is 13.7. The van der Waals surface area contributed by atoms with Crippen molar-refractivity contribution < 1.29 is 18.3 Å². The van der Waals surface area contributed by atoms with Crippen LogP contribution in [-0.2, 0) is 6.61 Å². The monoisotopic (exact) mass is 303 g/mol. The molecule has 6 heteroatoms. The van der Waals surface area contributed by atoms with Crippen molar-refractivity contribution in [2.45, 2.75) is 25.5 Å². The zero-order chi connectivity index (χ0) is 15.5. The van der Waals surface area contributed by atoms with Crippen LogP contribution < -0.4 is 15.5 Å². The molecule has 1 fully saturated rings. The van der Waals surface area contributed by atoms with Gasteiger partial charge >= 0.3 is 0 Å².